The zero-order chi connectivity index (χ0) is 16.2. The molecule has 0 aliphatic carbocycles. The SMILES string of the molecule is COC(=O)c1cccc(NC(=O)c2ccc3ccccc3n2)c1. The maximum atomic E-state index is 12.3. The Morgan fingerprint density at radius 2 is 1.83 bits per heavy atom. The molecule has 0 saturated heterocycles. The first-order chi connectivity index (χ1) is 11.2. The first kappa shape index (κ1) is 14.7. The van der Waals surface area contributed by atoms with E-state index in [4.69, 9.17) is 0 Å². The summed E-state index contributed by atoms with van der Waals surface area (Å²) < 4.78 is 4.67. The van der Waals surface area contributed by atoms with Crippen molar-refractivity contribution in [3.8, 4) is 0 Å². The largest absolute Gasteiger partial charge is 0.465 e. The Kier molecular flexibility index (Phi) is 4.01. The summed E-state index contributed by atoms with van der Waals surface area (Å²) in [4.78, 5) is 28.2. The molecule has 5 nitrogen and oxygen atoms in total. The molecule has 0 radical (unpaired) electrons. The van der Waals surface area contributed by atoms with E-state index in [0.717, 1.165) is 10.9 Å². The van der Waals surface area contributed by atoms with Crippen molar-refractivity contribution in [3.63, 3.8) is 0 Å². The molecule has 5 heteroatoms. The van der Waals surface area contributed by atoms with E-state index in [1.54, 1.807) is 30.3 Å². The molecule has 0 saturated carbocycles. The predicted octanol–water partition coefficient (Wildman–Crippen LogP) is 3.27. The third-order valence-electron chi connectivity index (χ3n) is 3.37. The van der Waals surface area contributed by atoms with Gasteiger partial charge in [-0.05, 0) is 30.3 Å². The number of amides is 1. The van der Waals surface area contributed by atoms with Gasteiger partial charge < -0.3 is 10.1 Å². The van der Waals surface area contributed by atoms with Crippen molar-refractivity contribution in [2.24, 2.45) is 0 Å². The van der Waals surface area contributed by atoms with E-state index >= 15 is 0 Å². The first-order valence-corrected chi connectivity index (χ1v) is 7.03. The number of rotatable bonds is 3. The molecular weight excluding hydrogens is 292 g/mol. The second kappa shape index (κ2) is 6.27. The van der Waals surface area contributed by atoms with Crippen molar-refractivity contribution >= 4 is 28.5 Å². The maximum Gasteiger partial charge on any atom is 0.337 e. The van der Waals surface area contributed by atoms with Crippen molar-refractivity contribution in [1.29, 1.82) is 0 Å². The van der Waals surface area contributed by atoms with Crippen LogP contribution in [0.5, 0.6) is 0 Å². The monoisotopic (exact) mass is 306 g/mol. The van der Waals surface area contributed by atoms with Gasteiger partial charge in [0.05, 0.1) is 18.2 Å². The van der Waals surface area contributed by atoms with Gasteiger partial charge in [0.25, 0.3) is 5.91 Å². The van der Waals surface area contributed by atoms with Crippen LogP contribution in [0.3, 0.4) is 0 Å². The number of para-hydroxylation sites is 1. The van der Waals surface area contributed by atoms with Crippen LogP contribution in [-0.4, -0.2) is 24.0 Å². The zero-order valence-electron chi connectivity index (χ0n) is 12.4. The molecule has 0 spiro atoms. The van der Waals surface area contributed by atoms with E-state index in [1.165, 1.54) is 7.11 Å². The van der Waals surface area contributed by atoms with Crippen LogP contribution in [0.2, 0.25) is 0 Å². The highest BCUT2D eigenvalue weighted by Gasteiger charge is 2.11. The van der Waals surface area contributed by atoms with Crippen LogP contribution >= 0.6 is 0 Å². The lowest BCUT2D eigenvalue weighted by Gasteiger charge is -2.07. The standard InChI is InChI=1S/C18H14N2O3/c1-23-18(22)13-6-4-7-14(11-13)19-17(21)16-10-9-12-5-2-3-8-15(12)20-16/h2-11H,1H3,(H,19,21). The summed E-state index contributed by atoms with van der Waals surface area (Å²) >= 11 is 0. The number of benzene rings is 2. The molecule has 3 aromatic rings. The van der Waals surface area contributed by atoms with E-state index < -0.39 is 5.97 Å². The predicted molar refractivity (Wildman–Crippen MR) is 87.5 cm³/mol. The molecule has 2 aromatic carbocycles. The molecule has 114 valence electrons. The number of esters is 1. The summed E-state index contributed by atoms with van der Waals surface area (Å²) in [6.45, 7) is 0. The van der Waals surface area contributed by atoms with Crippen LogP contribution in [0.15, 0.2) is 60.7 Å². The van der Waals surface area contributed by atoms with Gasteiger partial charge in [-0.3, -0.25) is 4.79 Å². The van der Waals surface area contributed by atoms with E-state index in [0.29, 0.717) is 16.9 Å². The number of nitrogens with zero attached hydrogens (tertiary/aromatic N) is 1. The Bertz CT molecular complexity index is 890. The average molecular weight is 306 g/mol. The average Bonchev–Trinajstić information content (AvgIpc) is 2.60. The Morgan fingerprint density at radius 3 is 2.65 bits per heavy atom. The van der Waals surface area contributed by atoms with Crippen LogP contribution in [-0.2, 0) is 4.74 Å². The highest BCUT2D eigenvalue weighted by molar-refractivity contribution is 6.04. The van der Waals surface area contributed by atoms with Crippen LogP contribution < -0.4 is 5.32 Å². The fourth-order valence-electron chi connectivity index (χ4n) is 2.23. The number of nitrogens with one attached hydrogen (secondary N) is 1. The number of methoxy groups -OCH3 is 1. The first-order valence-electron chi connectivity index (χ1n) is 7.03. The number of hydrogen-bond donors (Lipinski definition) is 1. The van der Waals surface area contributed by atoms with Gasteiger partial charge >= 0.3 is 5.97 Å². The lowest BCUT2D eigenvalue weighted by molar-refractivity contribution is 0.0600. The van der Waals surface area contributed by atoms with Crippen molar-refractivity contribution in [2.45, 2.75) is 0 Å². The normalized spacial score (nSPS) is 10.3. The van der Waals surface area contributed by atoms with Gasteiger partial charge in [0.2, 0.25) is 0 Å². The zero-order valence-corrected chi connectivity index (χ0v) is 12.4. The Morgan fingerprint density at radius 1 is 1.00 bits per heavy atom. The van der Waals surface area contributed by atoms with Gasteiger partial charge in [-0.1, -0.05) is 30.3 Å². The Balaban J connectivity index is 1.84. The van der Waals surface area contributed by atoms with Crippen molar-refractivity contribution < 1.29 is 14.3 Å². The van der Waals surface area contributed by atoms with Gasteiger partial charge in [0.15, 0.2) is 0 Å². The van der Waals surface area contributed by atoms with Crippen molar-refractivity contribution in [2.75, 3.05) is 12.4 Å². The number of carbonyl (C=O) groups excluding carboxylic acids is 2. The van der Waals surface area contributed by atoms with Crippen molar-refractivity contribution in [3.05, 3.63) is 71.9 Å². The molecule has 1 aromatic heterocycles. The molecule has 0 aliphatic heterocycles. The summed E-state index contributed by atoms with van der Waals surface area (Å²) in [5.74, 6) is -0.789. The smallest absolute Gasteiger partial charge is 0.337 e. The van der Waals surface area contributed by atoms with Gasteiger partial charge in [-0.15, -0.1) is 0 Å². The van der Waals surface area contributed by atoms with Crippen molar-refractivity contribution in [1.82, 2.24) is 4.98 Å². The quantitative estimate of drug-likeness (QED) is 0.754. The van der Waals surface area contributed by atoms with Crippen LogP contribution in [0.4, 0.5) is 5.69 Å². The summed E-state index contributed by atoms with van der Waals surface area (Å²) in [5.41, 5.74) is 1.94. The second-order valence-corrected chi connectivity index (χ2v) is 4.92. The molecule has 23 heavy (non-hydrogen) atoms. The molecule has 0 bridgehead atoms. The minimum Gasteiger partial charge on any atom is -0.465 e. The highest BCUT2D eigenvalue weighted by atomic mass is 16.5. The van der Waals surface area contributed by atoms with Gasteiger partial charge in [0, 0.05) is 11.1 Å². The van der Waals surface area contributed by atoms with Gasteiger partial charge in [-0.2, -0.15) is 0 Å². The lowest BCUT2D eigenvalue weighted by atomic mass is 10.2. The molecule has 0 unspecified atom stereocenters. The lowest BCUT2D eigenvalue weighted by Crippen LogP contribution is -2.14. The number of anilines is 1. The van der Waals surface area contributed by atoms with Crippen LogP contribution in [0.1, 0.15) is 20.8 Å². The fourth-order valence-corrected chi connectivity index (χ4v) is 2.23. The number of fused-ring (bicyclic) bond motifs is 1. The van der Waals surface area contributed by atoms with Crippen LogP contribution in [0, 0.1) is 0 Å². The molecule has 1 heterocycles. The molecular formula is C18H14N2O3. The van der Waals surface area contributed by atoms with Gasteiger partial charge in [0.1, 0.15) is 5.69 Å². The topological polar surface area (TPSA) is 68.3 Å². The number of ether oxygens (including phenoxy) is 1. The molecule has 0 aliphatic rings. The summed E-state index contributed by atoms with van der Waals surface area (Å²) in [6, 6.07) is 17.7. The summed E-state index contributed by atoms with van der Waals surface area (Å²) in [5, 5.41) is 3.70. The Hall–Kier alpha value is -3.21. The third kappa shape index (κ3) is 3.18. The van der Waals surface area contributed by atoms with Gasteiger partial charge in [-0.25, -0.2) is 9.78 Å². The minimum atomic E-state index is -0.454. The molecule has 0 fully saturated rings. The van der Waals surface area contributed by atoms with E-state index in [2.05, 4.69) is 15.0 Å². The number of hydrogen-bond acceptors (Lipinski definition) is 4. The highest BCUT2D eigenvalue weighted by Crippen LogP contribution is 2.15. The number of aromatic nitrogens is 1. The molecule has 3 rings (SSSR count). The van der Waals surface area contributed by atoms with Crippen LogP contribution in [0.25, 0.3) is 10.9 Å². The summed E-state index contributed by atoms with van der Waals surface area (Å²) in [6.07, 6.45) is 0. The minimum absolute atomic E-state index is 0.312. The van der Waals surface area contributed by atoms with E-state index in [9.17, 15) is 9.59 Å². The summed E-state index contributed by atoms with van der Waals surface area (Å²) in [7, 11) is 1.31. The maximum absolute atomic E-state index is 12.3. The molecule has 1 amide bonds. The number of pyridine rings is 1. The third-order valence-corrected chi connectivity index (χ3v) is 3.37. The van der Waals surface area contributed by atoms with E-state index in [1.807, 2.05) is 30.3 Å². The fraction of sp³-hybridized carbons (Fsp3) is 0.0556. The molecule has 1 N–H and O–H groups in total. The van der Waals surface area contributed by atoms with E-state index in [-0.39, 0.29) is 5.91 Å². The molecule has 0 atom stereocenters. The number of carbonyl (C=O) groups is 2. The Labute approximate surface area is 132 Å². The second-order valence-electron chi connectivity index (χ2n) is 4.92.